The molecule has 5 rings (SSSR count). The fourth-order valence-electron chi connectivity index (χ4n) is 5.73. The van der Waals surface area contributed by atoms with Gasteiger partial charge in [0.2, 0.25) is 5.91 Å². The second-order valence-corrected chi connectivity index (χ2v) is 9.86. The summed E-state index contributed by atoms with van der Waals surface area (Å²) in [6.45, 7) is 1.52. The molecule has 30 heavy (non-hydrogen) atoms. The van der Waals surface area contributed by atoms with Crippen molar-refractivity contribution in [2.75, 3.05) is 13.1 Å². The van der Waals surface area contributed by atoms with E-state index in [0.29, 0.717) is 17.4 Å². The van der Waals surface area contributed by atoms with E-state index in [0.717, 1.165) is 56.6 Å². The van der Waals surface area contributed by atoms with Crippen molar-refractivity contribution < 1.29 is 9.59 Å². The number of benzene rings is 1. The molecule has 3 heterocycles. The van der Waals surface area contributed by atoms with Gasteiger partial charge < -0.3 is 9.80 Å². The highest BCUT2D eigenvalue weighted by Gasteiger charge is 2.48. The number of aromatic nitrogens is 1. The highest BCUT2D eigenvalue weighted by Crippen LogP contribution is 2.41. The van der Waals surface area contributed by atoms with Gasteiger partial charge in [-0.3, -0.25) is 9.59 Å². The number of carbonyl (C=O) groups excluding carboxylic acids is 2. The monoisotopic (exact) mass is 423 g/mol. The van der Waals surface area contributed by atoms with Crippen molar-refractivity contribution in [3.05, 3.63) is 52.5 Å². The molecule has 3 fully saturated rings. The number of hydrogen-bond donors (Lipinski definition) is 0. The molecule has 4 atom stereocenters. The molecular weight excluding hydrogens is 394 g/mol. The van der Waals surface area contributed by atoms with E-state index in [9.17, 15) is 9.59 Å². The van der Waals surface area contributed by atoms with Crippen LogP contribution >= 0.6 is 11.3 Å². The Bertz CT molecular complexity index is 885. The number of amides is 2. The molecule has 6 heteroatoms. The minimum absolute atomic E-state index is 0.0248. The number of nitrogens with zero attached hydrogens (tertiary/aromatic N) is 3. The lowest BCUT2D eigenvalue weighted by Crippen LogP contribution is -2.52. The molecule has 3 aliphatic rings. The van der Waals surface area contributed by atoms with Crippen molar-refractivity contribution in [2.24, 2.45) is 5.92 Å². The van der Waals surface area contributed by atoms with E-state index in [2.05, 4.69) is 4.98 Å². The summed E-state index contributed by atoms with van der Waals surface area (Å²) in [6.07, 6.45) is 9.27. The zero-order valence-corrected chi connectivity index (χ0v) is 18.1. The largest absolute Gasteiger partial charge is 0.340 e. The fourth-order valence-corrected chi connectivity index (χ4v) is 6.50. The third-order valence-electron chi connectivity index (χ3n) is 7.16. The number of piperidine rings is 1. The van der Waals surface area contributed by atoms with Crippen LogP contribution < -0.4 is 0 Å². The zero-order chi connectivity index (χ0) is 20.5. The van der Waals surface area contributed by atoms with Crippen LogP contribution in [-0.2, 0) is 4.79 Å². The van der Waals surface area contributed by atoms with E-state index in [4.69, 9.17) is 0 Å². The maximum absolute atomic E-state index is 13.7. The molecule has 2 aliphatic heterocycles. The smallest absolute Gasteiger partial charge is 0.254 e. The van der Waals surface area contributed by atoms with Crippen molar-refractivity contribution in [1.29, 1.82) is 0 Å². The molecule has 5 nitrogen and oxygen atoms in total. The van der Waals surface area contributed by atoms with E-state index >= 15 is 0 Å². The molecule has 2 saturated heterocycles. The Labute approximate surface area is 182 Å². The number of carbonyl (C=O) groups is 2. The summed E-state index contributed by atoms with van der Waals surface area (Å²) in [5.41, 5.74) is 0.695. The Kier molecular flexibility index (Phi) is 5.59. The first-order chi connectivity index (χ1) is 14.7. The van der Waals surface area contributed by atoms with E-state index in [1.807, 2.05) is 51.7 Å². The number of thiazole rings is 1. The maximum atomic E-state index is 13.7. The predicted octanol–water partition coefficient (Wildman–Crippen LogP) is 4.32. The van der Waals surface area contributed by atoms with Crippen molar-refractivity contribution in [2.45, 2.75) is 62.9 Å². The van der Waals surface area contributed by atoms with Crippen molar-refractivity contribution in [1.82, 2.24) is 14.8 Å². The molecule has 0 bridgehead atoms. The zero-order valence-electron chi connectivity index (χ0n) is 17.3. The summed E-state index contributed by atoms with van der Waals surface area (Å²) < 4.78 is 0. The van der Waals surface area contributed by atoms with Gasteiger partial charge in [-0.1, -0.05) is 31.0 Å². The van der Waals surface area contributed by atoms with Crippen LogP contribution in [0.25, 0.3) is 0 Å². The van der Waals surface area contributed by atoms with Crippen LogP contribution in [0.1, 0.15) is 66.2 Å². The van der Waals surface area contributed by atoms with Gasteiger partial charge in [-0.05, 0) is 50.2 Å². The summed E-state index contributed by atoms with van der Waals surface area (Å²) in [5.74, 6) is 0.955. The highest BCUT2D eigenvalue weighted by atomic mass is 32.1. The molecule has 158 valence electrons. The van der Waals surface area contributed by atoms with Crippen LogP contribution in [0.4, 0.5) is 0 Å². The minimum atomic E-state index is -0.319. The van der Waals surface area contributed by atoms with Crippen LogP contribution in [0.15, 0.2) is 41.9 Å². The quantitative estimate of drug-likeness (QED) is 0.739. The summed E-state index contributed by atoms with van der Waals surface area (Å²) in [7, 11) is 0. The third kappa shape index (κ3) is 3.66. The molecule has 0 N–H and O–H groups in total. The van der Waals surface area contributed by atoms with E-state index < -0.39 is 0 Å². The molecule has 1 saturated carbocycles. The van der Waals surface area contributed by atoms with E-state index in [1.54, 1.807) is 11.3 Å². The normalized spacial score (nSPS) is 28.9. The Hall–Kier alpha value is -2.21. The van der Waals surface area contributed by atoms with Gasteiger partial charge in [0.25, 0.3) is 5.91 Å². The van der Waals surface area contributed by atoms with Crippen LogP contribution in [0.3, 0.4) is 0 Å². The topological polar surface area (TPSA) is 53.5 Å². The average Bonchev–Trinajstić information content (AvgIpc) is 3.47. The molecular formula is C24H29N3O2S. The Morgan fingerprint density at radius 2 is 1.87 bits per heavy atom. The van der Waals surface area contributed by atoms with Gasteiger partial charge in [-0.15, -0.1) is 11.3 Å². The third-order valence-corrected chi connectivity index (χ3v) is 8.10. The Morgan fingerprint density at radius 3 is 2.67 bits per heavy atom. The number of likely N-dealkylation sites (tertiary alicyclic amines) is 2. The van der Waals surface area contributed by atoms with Gasteiger partial charge in [0.05, 0.1) is 5.01 Å². The molecule has 2 aromatic rings. The first-order valence-electron chi connectivity index (χ1n) is 11.3. The van der Waals surface area contributed by atoms with Gasteiger partial charge >= 0.3 is 0 Å². The standard InChI is InChI=1S/C24H29N3O2S/c28-23(17-7-2-1-3-8-17)27-20-11-5-4-9-18(20)15-21(27)24(29)26-13-6-10-19(16-26)22-25-12-14-30-22/h1-3,7-8,12,14,18-21H,4-6,9-11,13,15-16H2. The molecule has 2 amide bonds. The molecule has 1 aromatic carbocycles. The van der Waals surface area contributed by atoms with Crippen molar-refractivity contribution >= 4 is 23.2 Å². The molecule has 4 unspecified atom stereocenters. The predicted molar refractivity (Wildman–Crippen MR) is 117 cm³/mol. The lowest BCUT2D eigenvalue weighted by atomic mass is 9.84. The lowest BCUT2D eigenvalue weighted by molar-refractivity contribution is -0.136. The lowest BCUT2D eigenvalue weighted by Gasteiger charge is -2.37. The van der Waals surface area contributed by atoms with Crippen LogP contribution in [0, 0.1) is 5.92 Å². The van der Waals surface area contributed by atoms with Gasteiger partial charge in [0, 0.05) is 42.2 Å². The minimum Gasteiger partial charge on any atom is -0.340 e. The molecule has 0 spiro atoms. The number of hydrogen-bond acceptors (Lipinski definition) is 4. The van der Waals surface area contributed by atoms with Gasteiger partial charge in [-0.2, -0.15) is 0 Å². The van der Waals surface area contributed by atoms with Crippen molar-refractivity contribution in [3.63, 3.8) is 0 Å². The molecule has 1 aliphatic carbocycles. The summed E-state index contributed by atoms with van der Waals surface area (Å²) in [6, 6.07) is 9.38. The van der Waals surface area contributed by atoms with Crippen LogP contribution in [0.5, 0.6) is 0 Å². The number of fused-ring (bicyclic) bond motifs is 1. The van der Waals surface area contributed by atoms with Crippen LogP contribution in [-0.4, -0.2) is 51.8 Å². The van der Waals surface area contributed by atoms with Gasteiger partial charge in [-0.25, -0.2) is 4.98 Å². The number of rotatable bonds is 3. The summed E-state index contributed by atoms with van der Waals surface area (Å²) in [5, 5.41) is 3.14. The van der Waals surface area contributed by atoms with Crippen molar-refractivity contribution in [3.8, 4) is 0 Å². The Morgan fingerprint density at radius 1 is 1.03 bits per heavy atom. The van der Waals surface area contributed by atoms with Gasteiger partial charge in [0.15, 0.2) is 0 Å². The molecule has 0 radical (unpaired) electrons. The first kappa shape index (κ1) is 19.7. The SMILES string of the molecule is O=C(C1CC2CCCCC2N1C(=O)c1ccccc1)N1CCCC(c2nccs2)C1. The van der Waals surface area contributed by atoms with E-state index in [-0.39, 0.29) is 23.9 Å². The van der Waals surface area contributed by atoms with Gasteiger partial charge in [0.1, 0.15) is 6.04 Å². The van der Waals surface area contributed by atoms with E-state index in [1.165, 1.54) is 6.42 Å². The highest BCUT2D eigenvalue weighted by molar-refractivity contribution is 7.09. The Balaban J connectivity index is 1.39. The second kappa shape index (κ2) is 8.50. The first-order valence-corrected chi connectivity index (χ1v) is 12.2. The maximum Gasteiger partial charge on any atom is 0.254 e. The van der Waals surface area contributed by atoms with Crippen LogP contribution in [0.2, 0.25) is 0 Å². The average molecular weight is 424 g/mol. The fraction of sp³-hybridized carbons (Fsp3) is 0.542. The second-order valence-electron chi connectivity index (χ2n) is 8.94. The summed E-state index contributed by atoms with van der Waals surface area (Å²) in [4.78, 5) is 35.7. The summed E-state index contributed by atoms with van der Waals surface area (Å²) >= 11 is 1.68. The molecule has 1 aromatic heterocycles.